The van der Waals surface area contributed by atoms with E-state index < -0.39 is 11.7 Å². The molecule has 7 nitrogen and oxygen atoms in total. The Kier molecular flexibility index (Phi) is 4.08. The van der Waals surface area contributed by atoms with E-state index in [4.69, 9.17) is 22.5 Å². The zero-order valence-corrected chi connectivity index (χ0v) is 11.6. The number of benzene rings is 1. The van der Waals surface area contributed by atoms with Gasteiger partial charge >= 0.3 is 0 Å². The lowest BCUT2D eigenvalue weighted by atomic mass is 10.2. The van der Waals surface area contributed by atoms with Gasteiger partial charge < -0.3 is 16.3 Å². The third kappa shape index (κ3) is 2.95. The fourth-order valence-electron chi connectivity index (χ4n) is 1.64. The van der Waals surface area contributed by atoms with Crippen molar-refractivity contribution in [2.24, 2.45) is 17.9 Å². The third-order valence-corrected chi connectivity index (χ3v) is 3.04. The number of carbonyl (C=O) groups is 1. The van der Waals surface area contributed by atoms with E-state index in [9.17, 15) is 9.18 Å². The number of rotatable bonds is 3. The van der Waals surface area contributed by atoms with Crippen LogP contribution in [0.5, 0.6) is 0 Å². The molecule has 2 rings (SSSR count). The zero-order valence-electron chi connectivity index (χ0n) is 10.8. The summed E-state index contributed by atoms with van der Waals surface area (Å²) in [7, 11) is 1.56. The van der Waals surface area contributed by atoms with Crippen molar-refractivity contribution in [1.29, 1.82) is 0 Å². The third-order valence-electron chi connectivity index (χ3n) is 2.74. The molecule has 0 saturated carbocycles. The van der Waals surface area contributed by atoms with Crippen molar-refractivity contribution < 1.29 is 14.4 Å². The molecule has 21 heavy (non-hydrogen) atoms. The Morgan fingerprint density at radius 3 is 2.90 bits per heavy atom. The van der Waals surface area contributed by atoms with Crippen molar-refractivity contribution in [3.63, 3.8) is 0 Å². The molecular formula is C12H11ClFN5O2. The highest BCUT2D eigenvalue weighted by Crippen LogP contribution is 2.18. The van der Waals surface area contributed by atoms with Crippen LogP contribution in [0.15, 0.2) is 29.6 Å². The number of nitrogens with one attached hydrogen (secondary N) is 1. The largest absolute Gasteiger partial charge is 0.409 e. The predicted molar refractivity (Wildman–Crippen MR) is 75.1 cm³/mol. The van der Waals surface area contributed by atoms with E-state index >= 15 is 0 Å². The molecule has 0 bridgehead atoms. The van der Waals surface area contributed by atoms with Gasteiger partial charge in [-0.1, -0.05) is 16.8 Å². The summed E-state index contributed by atoms with van der Waals surface area (Å²) >= 11 is 5.56. The van der Waals surface area contributed by atoms with Gasteiger partial charge in [0, 0.05) is 12.6 Å². The molecule has 0 aliphatic heterocycles. The first-order valence-corrected chi connectivity index (χ1v) is 6.08. The highest BCUT2D eigenvalue weighted by molar-refractivity contribution is 6.30. The van der Waals surface area contributed by atoms with Crippen LogP contribution in [-0.2, 0) is 7.05 Å². The number of halogens is 2. The molecule has 9 heteroatoms. The molecule has 0 fully saturated rings. The van der Waals surface area contributed by atoms with Gasteiger partial charge in [0.05, 0.1) is 16.8 Å². The Morgan fingerprint density at radius 2 is 2.29 bits per heavy atom. The molecule has 0 unspecified atom stereocenters. The number of nitrogens with two attached hydrogens (primary N) is 1. The fraction of sp³-hybridized carbons (Fsp3) is 0.0833. The highest BCUT2D eigenvalue weighted by Gasteiger charge is 2.17. The van der Waals surface area contributed by atoms with Gasteiger partial charge in [0.25, 0.3) is 5.91 Å². The Bertz CT molecular complexity index is 728. The van der Waals surface area contributed by atoms with Gasteiger partial charge in [-0.15, -0.1) is 0 Å². The number of amidine groups is 1. The maximum Gasteiger partial charge on any atom is 0.256 e. The van der Waals surface area contributed by atoms with Gasteiger partial charge in [0.15, 0.2) is 5.84 Å². The van der Waals surface area contributed by atoms with Gasteiger partial charge in [-0.05, 0) is 18.2 Å². The van der Waals surface area contributed by atoms with Gasteiger partial charge in [0.2, 0.25) is 0 Å². The van der Waals surface area contributed by atoms with Gasteiger partial charge in [-0.3, -0.25) is 9.48 Å². The summed E-state index contributed by atoms with van der Waals surface area (Å²) < 4.78 is 14.7. The number of oxime groups is 1. The zero-order chi connectivity index (χ0) is 15.6. The average Bonchev–Trinajstić information content (AvgIpc) is 2.82. The SMILES string of the molecule is Cn1ncc(/C(N)=N/O)c1NC(=O)c1ccc(Cl)c(F)c1. The number of aromatic nitrogens is 2. The van der Waals surface area contributed by atoms with Crippen LogP contribution in [0.2, 0.25) is 5.02 Å². The second-order valence-electron chi connectivity index (χ2n) is 4.10. The molecule has 0 saturated heterocycles. The minimum absolute atomic E-state index is 0.0727. The summed E-state index contributed by atoms with van der Waals surface area (Å²) in [6, 6.07) is 3.66. The van der Waals surface area contributed by atoms with Crippen molar-refractivity contribution in [2.45, 2.75) is 0 Å². The van der Waals surface area contributed by atoms with E-state index in [2.05, 4.69) is 15.6 Å². The lowest BCUT2D eigenvalue weighted by Gasteiger charge is -2.08. The van der Waals surface area contributed by atoms with Gasteiger partial charge in [-0.2, -0.15) is 5.10 Å². The van der Waals surface area contributed by atoms with Crippen LogP contribution in [0.25, 0.3) is 0 Å². The van der Waals surface area contributed by atoms with Crippen LogP contribution in [-0.4, -0.2) is 26.7 Å². The van der Waals surface area contributed by atoms with Crippen LogP contribution in [0.3, 0.4) is 0 Å². The second kappa shape index (κ2) is 5.80. The van der Waals surface area contributed by atoms with E-state index in [1.807, 2.05) is 0 Å². The Hall–Kier alpha value is -2.61. The molecule has 0 aliphatic rings. The van der Waals surface area contributed by atoms with Crippen LogP contribution >= 0.6 is 11.6 Å². The number of nitrogens with zero attached hydrogens (tertiary/aromatic N) is 3. The predicted octanol–water partition coefficient (Wildman–Crippen LogP) is 1.56. The van der Waals surface area contributed by atoms with Gasteiger partial charge in [-0.25, -0.2) is 4.39 Å². The molecular weight excluding hydrogens is 301 g/mol. The van der Waals surface area contributed by atoms with Crippen molar-refractivity contribution in [3.05, 3.63) is 46.4 Å². The Balaban J connectivity index is 2.31. The Morgan fingerprint density at radius 1 is 1.57 bits per heavy atom. The normalized spacial score (nSPS) is 11.5. The topological polar surface area (TPSA) is 106 Å². The summed E-state index contributed by atoms with van der Waals surface area (Å²) in [6.07, 6.45) is 1.33. The molecule has 110 valence electrons. The number of carbonyl (C=O) groups excluding carboxylic acids is 1. The summed E-state index contributed by atoms with van der Waals surface area (Å²) in [6.45, 7) is 0. The van der Waals surface area contributed by atoms with Gasteiger partial charge in [0.1, 0.15) is 11.6 Å². The lowest BCUT2D eigenvalue weighted by molar-refractivity contribution is 0.102. The summed E-state index contributed by atoms with van der Waals surface area (Å²) in [5, 5.41) is 17.9. The van der Waals surface area contributed by atoms with E-state index in [0.717, 1.165) is 6.07 Å². The van der Waals surface area contributed by atoms with Crippen LogP contribution in [0, 0.1) is 5.82 Å². The summed E-state index contributed by atoms with van der Waals surface area (Å²) in [5.74, 6) is -1.28. The van der Waals surface area contributed by atoms with E-state index in [-0.39, 0.29) is 27.8 Å². The summed E-state index contributed by atoms with van der Waals surface area (Å²) in [4.78, 5) is 12.1. The molecule has 0 atom stereocenters. The Labute approximate surface area is 123 Å². The molecule has 4 N–H and O–H groups in total. The van der Waals surface area contributed by atoms with Crippen molar-refractivity contribution >= 4 is 29.2 Å². The molecule has 1 amide bonds. The first-order chi connectivity index (χ1) is 9.93. The summed E-state index contributed by atoms with van der Waals surface area (Å²) in [5.41, 5.74) is 5.80. The number of anilines is 1. The monoisotopic (exact) mass is 311 g/mol. The highest BCUT2D eigenvalue weighted by atomic mass is 35.5. The minimum atomic E-state index is -0.703. The maximum atomic E-state index is 13.4. The number of hydrogen-bond donors (Lipinski definition) is 3. The van der Waals surface area contributed by atoms with Crippen molar-refractivity contribution in [1.82, 2.24) is 9.78 Å². The molecule has 1 aromatic heterocycles. The van der Waals surface area contributed by atoms with E-state index in [0.29, 0.717) is 0 Å². The maximum absolute atomic E-state index is 13.4. The molecule has 1 aromatic carbocycles. The van der Waals surface area contributed by atoms with Crippen LogP contribution in [0.4, 0.5) is 10.2 Å². The molecule has 2 aromatic rings. The first kappa shape index (κ1) is 14.8. The quantitative estimate of drug-likeness (QED) is 0.346. The lowest BCUT2D eigenvalue weighted by Crippen LogP contribution is -2.20. The molecule has 0 spiro atoms. The van der Waals surface area contributed by atoms with E-state index in [1.165, 1.54) is 23.0 Å². The van der Waals surface area contributed by atoms with Crippen LogP contribution in [0.1, 0.15) is 15.9 Å². The smallest absolute Gasteiger partial charge is 0.256 e. The molecule has 0 radical (unpaired) electrons. The van der Waals surface area contributed by atoms with Crippen molar-refractivity contribution in [3.8, 4) is 0 Å². The second-order valence-corrected chi connectivity index (χ2v) is 4.51. The first-order valence-electron chi connectivity index (χ1n) is 5.70. The number of hydrogen-bond acceptors (Lipinski definition) is 4. The standard InChI is InChI=1S/C12H11ClFN5O2/c1-19-11(7(5-16-19)10(15)18-21)17-12(20)6-2-3-8(13)9(14)4-6/h2-5,21H,1H3,(H2,15,18)(H,17,20). The molecule has 1 heterocycles. The number of amides is 1. The van der Waals surface area contributed by atoms with Crippen LogP contribution < -0.4 is 11.1 Å². The average molecular weight is 312 g/mol. The minimum Gasteiger partial charge on any atom is -0.409 e. The number of aryl methyl sites for hydroxylation is 1. The van der Waals surface area contributed by atoms with Crippen molar-refractivity contribution in [2.75, 3.05) is 5.32 Å². The fourth-order valence-corrected chi connectivity index (χ4v) is 1.76. The van der Waals surface area contributed by atoms with E-state index in [1.54, 1.807) is 7.05 Å². The molecule has 0 aliphatic carbocycles.